The average molecular weight is 338 g/mol. The number of likely N-dealkylation sites (N-methyl/N-ethyl adjacent to an activating group) is 1. The zero-order valence-electron chi connectivity index (χ0n) is 15.7. The summed E-state index contributed by atoms with van der Waals surface area (Å²) in [6.07, 6.45) is 4.94. The molecule has 2 rings (SSSR count). The van der Waals surface area contributed by atoms with Crippen molar-refractivity contribution in [3.05, 3.63) is 0 Å². The molecule has 1 aliphatic heterocycles. The molecule has 0 bridgehead atoms. The van der Waals surface area contributed by atoms with Gasteiger partial charge in [0.25, 0.3) is 0 Å². The highest BCUT2D eigenvalue weighted by Crippen LogP contribution is 2.23. The summed E-state index contributed by atoms with van der Waals surface area (Å²) in [5.41, 5.74) is -0.878. The van der Waals surface area contributed by atoms with E-state index in [1.807, 2.05) is 6.92 Å². The van der Waals surface area contributed by atoms with Crippen LogP contribution in [0.15, 0.2) is 0 Å². The van der Waals surface area contributed by atoms with E-state index in [1.165, 1.54) is 25.7 Å². The molecule has 1 saturated heterocycles. The summed E-state index contributed by atoms with van der Waals surface area (Å²) in [5, 5.41) is 5.95. The fraction of sp³-hybridized carbons (Fsp3) is 0.889. The molecule has 1 aliphatic carbocycles. The number of amides is 2. The molecule has 0 spiro atoms. The zero-order valence-corrected chi connectivity index (χ0v) is 15.7. The molecule has 2 fully saturated rings. The van der Waals surface area contributed by atoms with Gasteiger partial charge in [-0.3, -0.25) is 14.5 Å². The highest BCUT2D eigenvalue weighted by molar-refractivity contribution is 5.92. The van der Waals surface area contributed by atoms with Crippen LogP contribution in [0, 0.1) is 5.92 Å². The smallest absolute Gasteiger partial charge is 0.245 e. The summed E-state index contributed by atoms with van der Waals surface area (Å²) >= 11 is 0. The third-order valence-corrected chi connectivity index (χ3v) is 5.49. The molecule has 6 nitrogen and oxygen atoms in total. The lowest BCUT2D eigenvalue weighted by atomic mass is 10.0. The number of piperazine rings is 1. The minimum Gasteiger partial charge on any atom is -0.354 e. The largest absolute Gasteiger partial charge is 0.354 e. The van der Waals surface area contributed by atoms with Crippen molar-refractivity contribution < 1.29 is 9.59 Å². The van der Waals surface area contributed by atoms with Gasteiger partial charge in [-0.2, -0.15) is 0 Å². The Morgan fingerprint density at radius 3 is 2.29 bits per heavy atom. The summed E-state index contributed by atoms with van der Waals surface area (Å²) in [4.78, 5) is 29.5. The lowest BCUT2D eigenvalue weighted by Gasteiger charge is -2.37. The number of hydrogen-bond donors (Lipinski definition) is 2. The van der Waals surface area contributed by atoms with E-state index >= 15 is 0 Å². The Morgan fingerprint density at radius 2 is 1.71 bits per heavy atom. The van der Waals surface area contributed by atoms with E-state index < -0.39 is 5.54 Å². The normalized spacial score (nSPS) is 22.3. The van der Waals surface area contributed by atoms with Crippen LogP contribution >= 0.6 is 0 Å². The Balaban J connectivity index is 1.80. The number of rotatable bonds is 6. The van der Waals surface area contributed by atoms with Gasteiger partial charge in [-0.15, -0.1) is 0 Å². The Hall–Kier alpha value is -1.14. The first kappa shape index (κ1) is 19.2. The van der Waals surface area contributed by atoms with Crippen LogP contribution in [0.25, 0.3) is 0 Å². The average Bonchev–Trinajstić information content (AvgIpc) is 3.05. The summed E-state index contributed by atoms with van der Waals surface area (Å²) in [5.74, 6) is 0.443. The van der Waals surface area contributed by atoms with Gasteiger partial charge in [-0.1, -0.05) is 12.8 Å². The Bertz CT molecular complexity index is 438. The predicted octanol–water partition coefficient (Wildman–Crippen LogP) is 0.824. The monoisotopic (exact) mass is 338 g/mol. The topological polar surface area (TPSA) is 64.7 Å². The second-order valence-corrected chi connectivity index (χ2v) is 7.99. The molecule has 138 valence electrons. The van der Waals surface area contributed by atoms with Crippen molar-refractivity contribution in [2.75, 3.05) is 39.8 Å². The van der Waals surface area contributed by atoms with E-state index in [4.69, 9.17) is 0 Å². The van der Waals surface area contributed by atoms with Crippen molar-refractivity contribution >= 4 is 11.8 Å². The molecule has 2 aliphatic rings. The molecule has 0 radical (unpaired) electrons. The van der Waals surface area contributed by atoms with Crippen LogP contribution in [0.4, 0.5) is 0 Å². The molecule has 0 aromatic rings. The lowest BCUT2D eigenvalue weighted by molar-refractivity contribution is -0.135. The van der Waals surface area contributed by atoms with Gasteiger partial charge in [0.05, 0.1) is 6.04 Å². The standard InChI is InChI=1S/C18H34N4O2/c1-14(22-11-9-21(4)10-12-22)16(23)20-18(2,3)17(24)19-13-15-7-5-6-8-15/h14-15H,5-13H2,1-4H3,(H,19,24)(H,20,23)/t14-/m0/s1. The number of nitrogens with one attached hydrogen (secondary N) is 2. The first-order valence-electron chi connectivity index (χ1n) is 9.32. The van der Waals surface area contributed by atoms with E-state index in [9.17, 15) is 9.59 Å². The highest BCUT2D eigenvalue weighted by atomic mass is 16.2. The van der Waals surface area contributed by atoms with E-state index in [0.29, 0.717) is 5.92 Å². The molecule has 1 heterocycles. The van der Waals surface area contributed by atoms with Crippen LogP contribution in [0.5, 0.6) is 0 Å². The van der Waals surface area contributed by atoms with Gasteiger partial charge >= 0.3 is 0 Å². The van der Waals surface area contributed by atoms with Gasteiger partial charge in [-0.25, -0.2) is 0 Å². The quantitative estimate of drug-likeness (QED) is 0.753. The van der Waals surface area contributed by atoms with Crippen LogP contribution in [0.2, 0.25) is 0 Å². The second-order valence-electron chi connectivity index (χ2n) is 7.99. The number of nitrogens with zero attached hydrogens (tertiary/aromatic N) is 2. The van der Waals surface area contributed by atoms with Crippen LogP contribution in [0.3, 0.4) is 0 Å². The molecule has 6 heteroatoms. The van der Waals surface area contributed by atoms with Crippen LogP contribution in [0.1, 0.15) is 46.5 Å². The molecule has 1 atom stereocenters. The number of carbonyl (C=O) groups is 2. The van der Waals surface area contributed by atoms with Gasteiger partial charge in [0.15, 0.2) is 0 Å². The van der Waals surface area contributed by atoms with E-state index in [0.717, 1.165) is 32.7 Å². The molecule has 0 aromatic carbocycles. The fourth-order valence-corrected chi connectivity index (χ4v) is 3.52. The summed E-state index contributed by atoms with van der Waals surface area (Å²) in [7, 11) is 2.10. The van der Waals surface area contributed by atoms with E-state index in [-0.39, 0.29) is 17.9 Å². The number of hydrogen-bond acceptors (Lipinski definition) is 4. The molecule has 2 N–H and O–H groups in total. The minimum atomic E-state index is -0.878. The molecular formula is C18H34N4O2. The molecule has 24 heavy (non-hydrogen) atoms. The fourth-order valence-electron chi connectivity index (χ4n) is 3.52. The van der Waals surface area contributed by atoms with Crippen LogP contribution in [-0.4, -0.2) is 73.0 Å². The molecule has 1 saturated carbocycles. The zero-order chi connectivity index (χ0) is 17.7. The van der Waals surface area contributed by atoms with Crippen molar-refractivity contribution in [2.45, 2.75) is 58.0 Å². The third kappa shape index (κ3) is 5.18. The second kappa shape index (κ2) is 8.30. The minimum absolute atomic E-state index is 0.0689. The van der Waals surface area contributed by atoms with Crippen molar-refractivity contribution in [2.24, 2.45) is 5.92 Å². The van der Waals surface area contributed by atoms with Gasteiger partial charge in [0, 0.05) is 32.7 Å². The first-order chi connectivity index (χ1) is 11.3. The molecule has 2 amide bonds. The van der Waals surface area contributed by atoms with E-state index in [1.54, 1.807) is 13.8 Å². The van der Waals surface area contributed by atoms with E-state index in [2.05, 4.69) is 27.5 Å². The van der Waals surface area contributed by atoms with Crippen LogP contribution in [-0.2, 0) is 9.59 Å². The van der Waals surface area contributed by atoms with Crippen molar-refractivity contribution in [3.8, 4) is 0 Å². The van der Waals surface area contributed by atoms with Gasteiger partial charge in [-0.05, 0) is 46.6 Å². The summed E-state index contributed by atoms with van der Waals surface area (Å²) in [6, 6.07) is -0.208. The molecular weight excluding hydrogens is 304 g/mol. The van der Waals surface area contributed by atoms with Crippen LogP contribution < -0.4 is 10.6 Å². The Labute approximate surface area is 146 Å². The Morgan fingerprint density at radius 1 is 1.12 bits per heavy atom. The summed E-state index contributed by atoms with van der Waals surface area (Å²) < 4.78 is 0. The molecule has 0 aromatic heterocycles. The predicted molar refractivity (Wildman–Crippen MR) is 95.7 cm³/mol. The maximum Gasteiger partial charge on any atom is 0.245 e. The maximum absolute atomic E-state index is 12.6. The van der Waals surface area contributed by atoms with Crippen molar-refractivity contribution in [1.82, 2.24) is 20.4 Å². The SMILES string of the molecule is C[C@@H](C(=O)NC(C)(C)C(=O)NCC1CCCC1)N1CCN(C)CC1. The summed E-state index contributed by atoms with van der Waals surface area (Å²) in [6.45, 7) is 9.95. The highest BCUT2D eigenvalue weighted by Gasteiger charge is 2.33. The van der Waals surface area contributed by atoms with Gasteiger partial charge < -0.3 is 15.5 Å². The Kier molecular flexibility index (Phi) is 6.63. The first-order valence-corrected chi connectivity index (χ1v) is 9.32. The van der Waals surface area contributed by atoms with Gasteiger partial charge in [0.2, 0.25) is 11.8 Å². The maximum atomic E-state index is 12.6. The lowest BCUT2D eigenvalue weighted by Crippen LogP contribution is -2.60. The van der Waals surface area contributed by atoms with Gasteiger partial charge in [0.1, 0.15) is 5.54 Å². The number of carbonyl (C=O) groups excluding carboxylic acids is 2. The molecule has 0 unspecified atom stereocenters. The van der Waals surface area contributed by atoms with Crippen molar-refractivity contribution in [1.29, 1.82) is 0 Å². The third-order valence-electron chi connectivity index (χ3n) is 5.49. The van der Waals surface area contributed by atoms with Crippen molar-refractivity contribution in [3.63, 3.8) is 0 Å².